The van der Waals surface area contributed by atoms with Crippen LogP contribution in [0.1, 0.15) is 33.6 Å². The number of anilines is 10. The summed E-state index contributed by atoms with van der Waals surface area (Å²) in [6, 6.07) is 0. The van der Waals surface area contributed by atoms with Gasteiger partial charge >= 0.3 is 0 Å². The van der Waals surface area contributed by atoms with Gasteiger partial charge in [0.15, 0.2) is 0 Å². The minimum atomic E-state index is -0.527. The molecule has 26 heteroatoms. The Hall–Kier alpha value is -7.25. The Morgan fingerprint density at radius 2 is 0.803 bits per heavy atom. The fourth-order valence-corrected chi connectivity index (χ4v) is 7.90. The second-order valence-corrected chi connectivity index (χ2v) is 16.5. The molecule has 5 aliphatic heterocycles. The summed E-state index contributed by atoms with van der Waals surface area (Å²) in [6.07, 6.45) is 5.44. The van der Waals surface area contributed by atoms with Gasteiger partial charge in [-0.25, -0.2) is 23.4 Å². The molecule has 5 aromatic heterocycles. The van der Waals surface area contributed by atoms with Crippen LogP contribution in [0.2, 0.25) is 0 Å². The normalized spacial score (nSPS) is 18.4. The zero-order chi connectivity index (χ0) is 45.0. The average Bonchev–Trinajstić information content (AvgIpc) is 4.10. The molecule has 0 fully saturated rings. The number of hydrogen-bond donors (Lipinski definition) is 11. The number of allylic oxidation sites excluding steroid dienone is 2. The second kappa shape index (κ2) is 16.1. The SMILES string of the molecule is CC1(C)Cn2c(N)c(N)c(=O)n2C1.CC1Cn2c(N)c(N)c(=O)n2C1.Nc1c(N)n2n(c1=O)CC(O)C2.Nc1c(N)n2n(c1=O)CC=CC2.Nc1c(N)n2n(c1=O)CCCC2. The number of nitrogens with two attached hydrogens (primary N) is 10. The van der Waals surface area contributed by atoms with Gasteiger partial charge in [0, 0.05) is 44.7 Å². The maximum absolute atomic E-state index is 11.5. The monoisotopic (exact) mass is 854 g/mol. The van der Waals surface area contributed by atoms with E-state index in [2.05, 4.69) is 20.8 Å². The lowest BCUT2D eigenvalue weighted by atomic mass is 9.95. The van der Waals surface area contributed by atoms with E-state index in [9.17, 15) is 29.1 Å². The first-order valence-corrected chi connectivity index (χ1v) is 19.6. The molecule has 0 saturated heterocycles. The van der Waals surface area contributed by atoms with Gasteiger partial charge in [-0.15, -0.1) is 0 Å². The largest absolute Gasteiger partial charge is 0.391 e. The van der Waals surface area contributed by atoms with E-state index in [0.29, 0.717) is 55.4 Å². The van der Waals surface area contributed by atoms with Gasteiger partial charge in [-0.1, -0.05) is 32.9 Å². The van der Waals surface area contributed by atoms with Crippen LogP contribution in [-0.4, -0.2) is 58.0 Å². The minimum absolute atomic E-state index is 0.0712. The number of aliphatic hydroxyl groups is 1. The fraction of sp³-hybridized carbons (Fsp3) is 0.514. The Balaban J connectivity index is 0.000000128. The van der Waals surface area contributed by atoms with Gasteiger partial charge in [0.05, 0.1) is 32.3 Å². The lowest BCUT2D eigenvalue weighted by molar-refractivity contribution is 0.170. The molecule has 21 N–H and O–H groups in total. The van der Waals surface area contributed by atoms with Crippen molar-refractivity contribution in [1.29, 1.82) is 0 Å². The van der Waals surface area contributed by atoms with Crippen molar-refractivity contribution in [2.75, 3.05) is 57.3 Å². The van der Waals surface area contributed by atoms with Crippen molar-refractivity contribution in [3.05, 3.63) is 63.9 Å². The van der Waals surface area contributed by atoms with E-state index >= 15 is 0 Å². The van der Waals surface area contributed by atoms with E-state index < -0.39 is 6.10 Å². The number of aliphatic hydroxyl groups excluding tert-OH is 1. The number of hydrogen-bond acceptors (Lipinski definition) is 16. The molecule has 2 atom stereocenters. The predicted octanol–water partition coefficient (Wildman–Crippen LogP) is -3.50. The summed E-state index contributed by atoms with van der Waals surface area (Å²) in [5.74, 6) is 2.31. The maximum Gasteiger partial charge on any atom is 0.292 e. The Labute approximate surface area is 346 Å². The van der Waals surface area contributed by atoms with Crippen LogP contribution in [0, 0.1) is 11.3 Å². The summed E-state index contributed by atoms with van der Waals surface area (Å²) in [5.41, 5.74) is 55.4. The zero-order valence-corrected chi connectivity index (χ0v) is 34.5. The van der Waals surface area contributed by atoms with Crippen molar-refractivity contribution in [2.24, 2.45) is 11.3 Å². The molecule has 0 spiro atoms. The Kier molecular flexibility index (Phi) is 11.4. The van der Waals surface area contributed by atoms with Gasteiger partial charge in [-0.2, -0.15) is 0 Å². The van der Waals surface area contributed by atoms with Crippen LogP contribution in [0.5, 0.6) is 0 Å². The third kappa shape index (κ3) is 7.71. The Bertz CT molecular complexity index is 2730. The van der Waals surface area contributed by atoms with Crippen molar-refractivity contribution in [3.8, 4) is 0 Å². The highest BCUT2D eigenvalue weighted by atomic mass is 16.3. The molecule has 0 aliphatic carbocycles. The van der Waals surface area contributed by atoms with Gasteiger partial charge in [0.2, 0.25) is 0 Å². The number of nitrogen functional groups attached to an aromatic ring is 10. The van der Waals surface area contributed by atoms with E-state index in [4.69, 9.17) is 57.3 Å². The van der Waals surface area contributed by atoms with Crippen LogP contribution in [-0.2, 0) is 65.4 Å². The first-order valence-electron chi connectivity index (χ1n) is 19.6. The molecule has 10 rings (SSSR count). The van der Waals surface area contributed by atoms with Crippen LogP contribution in [0.15, 0.2) is 36.1 Å². The van der Waals surface area contributed by atoms with Crippen molar-refractivity contribution in [1.82, 2.24) is 46.8 Å². The number of fused-ring (bicyclic) bond motifs is 5. The first-order chi connectivity index (χ1) is 28.6. The Morgan fingerprint density at radius 1 is 0.459 bits per heavy atom. The molecule has 0 saturated carbocycles. The molecule has 0 radical (unpaired) electrons. The molecule has 10 heterocycles. The first kappa shape index (κ1) is 43.3. The van der Waals surface area contributed by atoms with E-state index in [-0.39, 0.29) is 74.0 Å². The summed E-state index contributed by atoms with van der Waals surface area (Å²) < 4.78 is 16.2. The molecule has 26 nitrogen and oxygen atoms in total. The molecule has 61 heavy (non-hydrogen) atoms. The lowest BCUT2D eigenvalue weighted by Gasteiger charge is -2.17. The molecule has 0 aromatic carbocycles. The summed E-state index contributed by atoms with van der Waals surface area (Å²) in [7, 11) is 0. The van der Waals surface area contributed by atoms with Crippen molar-refractivity contribution in [2.45, 2.75) is 105 Å². The predicted molar refractivity (Wildman–Crippen MR) is 235 cm³/mol. The molecular weight excluding hydrogens is 797 g/mol. The van der Waals surface area contributed by atoms with Gasteiger partial charge in [-0.05, 0) is 18.8 Å². The molecule has 0 bridgehead atoms. The third-order valence-electron chi connectivity index (χ3n) is 11.2. The topological polar surface area (TPSA) is 415 Å². The number of nitrogens with zero attached hydrogens (tertiary/aromatic N) is 10. The summed E-state index contributed by atoms with van der Waals surface area (Å²) in [6.45, 7) is 12.6. The second-order valence-electron chi connectivity index (χ2n) is 16.5. The average molecular weight is 855 g/mol. The lowest BCUT2D eigenvalue weighted by Crippen LogP contribution is -2.27. The standard InChI is InChI=1S/C8H14N4O.2C7H12N4O.C7H10N4O.C6H10N4O2/c1-8(2)3-11-6(10)5(9)7(13)12(11)4-8;1-4-2-10-6(9)5(8)7(12)11(10)3-4;2*8-5-6(9)10-3-1-2-4-11(10)7(5)12;7-4-5(8)9-1-3(11)2-10(9)6(4)12/h3-4,9-10H2,1-2H3;4H,2-3,8-9H2,1H3;1-4,8-9H2;1-2H,3-4,8-9H2;3,11H,1-2,7-8H2. The van der Waals surface area contributed by atoms with Crippen molar-refractivity contribution < 1.29 is 5.11 Å². The molecule has 5 aromatic rings. The molecule has 0 amide bonds. The van der Waals surface area contributed by atoms with Crippen LogP contribution in [0.25, 0.3) is 0 Å². The van der Waals surface area contributed by atoms with E-state index in [1.54, 1.807) is 32.8 Å². The third-order valence-corrected chi connectivity index (χ3v) is 11.2. The quantitative estimate of drug-likeness (QED) is 0.0673. The highest BCUT2D eigenvalue weighted by Crippen LogP contribution is 2.29. The Morgan fingerprint density at radius 3 is 1.28 bits per heavy atom. The van der Waals surface area contributed by atoms with E-state index in [1.165, 1.54) is 14.0 Å². The molecule has 334 valence electrons. The number of rotatable bonds is 0. The maximum atomic E-state index is 11.5. The van der Waals surface area contributed by atoms with Crippen molar-refractivity contribution in [3.63, 3.8) is 0 Å². The van der Waals surface area contributed by atoms with E-state index in [0.717, 1.165) is 45.6 Å². The highest BCUT2D eigenvalue weighted by molar-refractivity contribution is 5.60. The highest BCUT2D eigenvalue weighted by Gasteiger charge is 2.32. The van der Waals surface area contributed by atoms with E-state index in [1.807, 2.05) is 12.2 Å². The van der Waals surface area contributed by atoms with Gasteiger partial charge < -0.3 is 62.4 Å². The minimum Gasteiger partial charge on any atom is -0.391 e. The van der Waals surface area contributed by atoms with Gasteiger partial charge in [-0.3, -0.25) is 47.4 Å². The van der Waals surface area contributed by atoms with Crippen LogP contribution < -0.4 is 85.1 Å². The fourth-order valence-electron chi connectivity index (χ4n) is 7.90. The molecule has 5 aliphatic rings. The van der Waals surface area contributed by atoms with Gasteiger partial charge in [0.25, 0.3) is 27.8 Å². The molecular formula is C35H58N20O6. The zero-order valence-electron chi connectivity index (χ0n) is 34.5. The van der Waals surface area contributed by atoms with Crippen LogP contribution >= 0.6 is 0 Å². The van der Waals surface area contributed by atoms with Crippen LogP contribution in [0.3, 0.4) is 0 Å². The van der Waals surface area contributed by atoms with Gasteiger partial charge in [0.1, 0.15) is 57.5 Å². The molecule has 2 unspecified atom stereocenters. The number of aromatic nitrogens is 10. The summed E-state index contributed by atoms with van der Waals surface area (Å²) in [5, 5.41) is 9.20. The van der Waals surface area contributed by atoms with Crippen molar-refractivity contribution >= 4 is 57.5 Å². The van der Waals surface area contributed by atoms with Crippen LogP contribution in [0.4, 0.5) is 57.5 Å². The smallest absolute Gasteiger partial charge is 0.292 e. The summed E-state index contributed by atoms with van der Waals surface area (Å²) >= 11 is 0. The summed E-state index contributed by atoms with van der Waals surface area (Å²) in [4.78, 5) is 56.8.